The van der Waals surface area contributed by atoms with Crippen LogP contribution >= 0.6 is 15.9 Å². The molecule has 1 atom stereocenters. The topological polar surface area (TPSA) is 34.4 Å². The summed E-state index contributed by atoms with van der Waals surface area (Å²) in [6, 6.07) is 4.44. The molecule has 1 aromatic heterocycles. The van der Waals surface area contributed by atoms with Crippen molar-refractivity contribution in [2.45, 2.75) is 32.4 Å². The van der Waals surface area contributed by atoms with E-state index in [9.17, 15) is 0 Å². The van der Waals surface area contributed by atoms with Crippen LogP contribution in [0, 0.1) is 5.92 Å². The van der Waals surface area contributed by atoms with Gasteiger partial charge in [-0.15, -0.1) is 0 Å². The van der Waals surface area contributed by atoms with Gasteiger partial charge in [-0.05, 0) is 53.7 Å². The lowest BCUT2D eigenvalue weighted by Crippen LogP contribution is -2.36. The van der Waals surface area contributed by atoms with E-state index >= 15 is 0 Å². The molecule has 1 fully saturated rings. The molecule has 90 valence electrons. The van der Waals surface area contributed by atoms with Crippen molar-refractivity contribution in [1.82, 2.24) is 5.32 Å². The lowest BCUT2D eigenvalue weighted by Gasteiger charge is -2.28. The van der Waals surface area contributed by atoms with Crippen molar-refractivity contribution in [3.63, 3.8) is 0 Å². The van der Waals surface area contributed by atoms with Gasteiger partial charge in [-0.2, -0.15) is 0 Å². The highest BCUT2D eigenvalue weighted by Crippen LogP contribution is 2.19. The Morgan fingerprint density at radius 1 is 1.44 bits per heavy atom. The Balaban J connectivity index is 1.76. The zero-order valence-electron chi connectivity index (χ0n) is 9.54. The van der Waals surface area contributed by atoms with Gasteiger partial charge < -0.3 is 14.5 Å². The Kier molecular flexibility index (Phi) is 4.44. The quantitative estimate of drug-likeness (QED) is 0.925. The minimum Gasteiger partial charge on any atom is -0.453 e. The zero-order chi connectivity index (χ0) is 11.4. The minimum absolute atomic E-state index is 0.521. The third-order valence-electron chi connectivity index (χ3n) is 3.20. The van der Waals surface area contributed by atoms with Crippen molar-refractivity contribution in [3.8, 4) is 0 Å². The maximum Gasteiger partial charge on any atom is 0.169 e. The van der Waals surface area contributed by atoms with Gasteiger partial charge in [0.25, 0.3) is 0 Å². The van der Waals surface area contributed by atoms with Crippen LogP contribution in [0.2, 0.25) is 0 Å². The van der Waals surface area contributed by atoms with E-state index in [0.717, 1.165) is 48.9 Å². The molecule has 4 heteroatoms. The van der Waals surface area contributed by atoms with Crippen LogP contribution in [0.15, 0.2) is 21.2 Å². The standard InChI is InChI=1S/C12H18BrNO2/c1-9(10-4-6-15-7-5-10)14-8-11-2-3-12(13)16-11/h2-3,9-10,14H,4-8H2,1H3. The van der Waals surface area contributed by atoms with Crippen LogP contribution in [0.1, 0.15) is 25.5 Å². The molecule has 1 saturated heterocycles. The van der Waals surface area contributed by atoms with Crippen molar-refractivity contribution in [2.75, 3.05) is 13.2 Å². The average molecular weight is 288 g/mol. The maximum absolute atomic E-state index is 5.45. The molecule has 1 aromatic rings. The largest absolute Gasteiger partial charge is 0.453 e. The molecule has 0 bridgehead atoms. The molecule has 0 spiro atoms. The summed E-state index contributed by atoms with van der Waals surface area (Å²) in [5.41, 5.74) is 0. The normalized spacial score (nSPS) is 19.9. The highest BCUT2D eigenvalue weighted by molar-refractivity contribution is 9.10. The minimum atomic E-state index is 0.521. The van der Waals surface area contributed by atoms with Crippen LogP contribution in [0.25, 0.3) is 0 Å². The van der Waals surface area contributed by atoms with Crippen LogP contribution < -0.4 is 5.32 Å². The summed E-state index contributed by atoms with van der Waals surface area (Å²) in [6.07, 6.45) is 2.33. The van der Waals surface area contributed by atoms with Crippen LogP contribution in [0.5, 0.6) is 0 Å². The lowest BCUT2D eigenvalue weighted by molar-refractivity contribution is 0.0555. The molecule has 1 aliphatic heterocycles. The number of hydrogen-bond donors (Lipinski definition) is 1. The van der Waals surface area contributed by atoms with Crippen molar-refractivity contribution in [2.24, 2.45) is 5.92 Å². The van der Waals surface area contributed by atoms with Crippen LogP contribution in [0.4, 0.5) is 0 Å². The lowest BCUT2D eigenvalue weighted by atomic mass is 9.93. The second-order valence-electron chi connectivity index (χ2n) is 4.33. The number of rotatable bonds is 4. The first kappa shape index (κ1) is 12.1. The van der Waals surface area contributed by atoms with Gasteiger partial charge in [0.05, 0.1) is 6.54 Å². The second-order valence-corrected chi connectivity index (χ2v) is 5.11. The summed E-state index contributed by atoms with van der Waals surface area (Å²) in [5, 5.41) is 3.51. The summed E-state index contributed by atoms with van der Waals surface area (Å²) >= 11 is 3.30. The molecule has 0 aromatic carbocycles. The molecule has 0 amide bonds. The summed E-state index contributed by atoms with van der Waals surface area (Å²) < 4.78 is 11.6. The second kappa shape index (κ2) is 5.84. The Morgan fingerprint density at radius 2 is 2.19 bits per heavy atom. The molecule has 0 radical (unpaired) electrons. The first-order chi connectivity index (χ1) is 7.75. The van der Waals surface area contributed by atoms with Gasteiger partial charge in [-0.25, -0.2) is 0 Å². The predicted octanol–water partition coefficient (Wildman–Crippen LogP) is 2.95. The van der Waals surface area contributed by atoms with Gasteiger partial charge in [0.2, 0.25) is 0 Å². The maximum atomic E-state index is 5.45. The number of nitrogens with one attached hydrogen (secondary N) is 1. The Labute approximate surface area is 105 Å². The van der Waals surface area contributed by atoms with E-state index in [1.807, 2.05) is 12.1 Å². The smallest absolute Gasteiger partial charge is 0.169 e. The Morgan fingerprint density at radius 3 is 2.81 bits per heavy atom. The molecule has 3 nitrogen and oxygen atoms in total. The highest BCUT2D eigenvalue weighted by atomic mass is 79.9. The molecule has 2 heterocycles. The molecule has 2 rings (SSSR count). The van der Waals surface area contributed by atoms with Crippen molar-refractivity contribution < 1.29 is 9.15 Å². The van der Waals surface area contributed by atoms with Crippen molar-refractivity contribution in [3.05, 3.63) is 22.6 Å². The van der Waals surface area contributed by atoms with E-state index in [2.05, 4.69) is 28.2 Å². The van der Waals surface area contributed by atoms with Crippen molar-refractivity contribution in [1.29, 1.82) is 0 Å². The fraction of sp³-hybridized carbons (Fsp3) is 0.667. The SMILES string of the molecule is CC(NCc1ccc(Br)o1)C1CCOCC1. The summed E-state index contributed by atoms with van der Waals surface area (Å²) in [6.45, 7) is 4.85. The summed E-state index contributed by atoms with van der Waals surface area (Å²) in [7, 11) is 0. The van der Waals surface area contributed by atoms with Gasteiger partial charge in [-0.3, -0.25) is 0 Å². The molecular formula is C12H18BrNO2. The van der Waals surface area contributed by atoms with E-state index in [1.54, 1.807) is 0 Å². The number of ether oxygens (including phenoxy) is 1. The molecule has 1 unspecified atom stereocenters. The van der Waals surface area contributed by atoms with Gasteiger partial charge in [0.1, 0.15) is 5.76 Å². The first-order valence-corrected chi connectivity index (χ1v) is 6.60. The fourth-order valence-electron chi connectivity index (χ4n) is 2.09. The van der Waals surface area contributed by atoms with Crippen LogP contribution in [0.3, 0.4) is 0 Å². The van der Waals surface area contributed by atoms with Gasteiger partial charge in [-0.1, -0.05) is 0 Å². The van der Waals surface area contributed by atoms with Gasteiger partial charge in [0, 0.05) is 19.3 Å². The van der Waals surface area contributed by atoms with Crippen molar-refractivity contribution >= 4 is 15.9 Å². The monoisotopic (exact) mass is 287 g/mol. The first-order valence-electron chi connectivity index (χ1n) is 5.81. The third kappa shape index (κ3) is 3.34. The van der Waals surface area contributed by atoms with Crippen LogP contribution in [-0.4, -0.2) is 19.3 Å². The van der Waals surface area contributed by atoms with Crippen LogP contribution in [-0.2, 0) is 11.3 Å². The van der Waals surface area contributed by atoms with Gasteiger partial charge >= 0.3 is 0 Å². The zero-order valence-corrected chi connectivity index (χ0v) is 11.1. The molecule has 1 aliphatic rings. The molecule has 1 N–H and O–H groups in total. The Hall–Kier alpha value is -0.320. The highest BCUT2D eigenvalue weighted by Gasteiger charge is 2.20. The third-order valence-corrected chi connectivity index (χ3v) is 3.63. The molecule has 0 aliphatic carbocycles. The van der Waals surface area contributed by atoms with E-state index in [1.165, 1.54) is 0 Å². The van der Waals surface area contributed by atoms with E-state index in [-0.39, 0.29) is 0 Å². The van der Waals surface area contributed by atoms with E-state index in [4.69, 9.17) is 9.15 Å². The predicted molar refractivity (Wildman–Crippen MR) is 66.3 cm³/mol. The summed E-state index contributed by atoms with van der Waals surface area (Å²) in [5.74, 6) is 1.71. The van der Waals surface area contributed by atoms with Gasteiger partial charge in [0.15, 0.2) is 4.67 Å². The molecular weight excluding hydrogens is 270 g/mol. The molecule has 16 heavy (non-hydrogen) atoms. The molecule has 0 saturated carbocycles. The number of hydrogen-bond acceptors (Lipinski definition) is 3. The number of furan rings is 1. The van der Waals surface area contributed by atoms with E-state index in [0.29, 0.717) is 6.04 Å². The fourth-order valence-corrected chi connectivity index (χ4v) is 2.43. The average Bonchev–Trinajstić information content (AvgIpc) is 2.73. The van der Waals surface area contributed by atoms with E-state index < -0.39 is 0 Å². The number of halogens is 1. The Bertz CT molecular complexity index is 321. The summed E-state index contributed by atoms with van der Waals surface area (Å²) in [4.78, 5) is 0.